The van der Waals surface area contributed by atoms with E-state index in [1.54, 1.807) is 18.3 Å². The zero-order valence-corrected chi connectivity index (χ0v) is 10.1. The molecule has 0 N–H and O–H groups in total. The van der Waals surface area contributed by atoms with Gasteiger partial charge in [0.25, 0.3) is 0 Å². The summed E-state index contributed by atoms with van der Waals surface area (Å²) in [7, 11) is 0. The summed E-state index contributed by atoms with van der Waals surface area (Å²) >= 11 is 6.00. The van der Waals surface area contributed by atoms with Crippen molar-refractivity contribution in [1.29, 1.82) is 0 Å². The molecule has 0 fully saturated rings. The van der Waals surface area contributed by atoms with Gasteiger partial charge in [0.2, 0.25) is 0 Å². The number of benzene rings is 1. The number of hydrogen-bond acceptors (Lipinski definition) is 1. The highest BCUT2D eigenvalue weighted by Gasteiger charge is 2.27. The Bertz CT molecular complexity index is 536. The lowest BCUT2D eigenvalue weighted by Crippen LogP contribution is -2.18. The molecule has 2 aromatic rings. The number of hydrogen-bond donors (Lipinski definition) is 0. The number of alkyl halides is 3. The molecule has 0 atom stereocenters. The van der Waals surface area contributed by atoms with Crippen molar-refractivity contribution < 1.29 is 17.9 Å². The van der Waals surface area contributed by atoms with E-state index in [1.807, 2.05) is 16.7 Å². The van der Waals surface area contributed by atoms with Gasteiger partial charge in [0.05, 0.1) is 6.61 Å². The van der Waals surface area contributed by atoms with Gasteiger partial charge in [-0.1, -0.05) is 17.7 Å². The third kappa shape index (κ3) is 3.17. The van der Waals surface area contributed by atoms with Crippen molar-refractivity contribution in [2.45, 2.75) is 12.7 Å². The molecule has 2 nitrogen and oxygen atoms in total. The van der Waals surface area contributed by atoms with Crippen LogP contribution in [0.1, 0.15) is 0 Å². The van der Waals surface area contributed by atoms with Crippen LogP contribution >= 0.6 is 11.6 Å². The van der Waals surface area contributed by atoms with Gasteiger partial charge >= 0.3 is 6.18 Å². The van der Waals surface area contributed by atoms with Crippen molar-refractivity contribution in [1.82, 2.24) is 4.57 Å². The molecule has 0 aliphatic heterocycles. The van der Waals surface area contributed by atoms with Crippen molar-refractivity contribution in [2.75, 3.05) is 13.2 Å². The van der Waals surface area contributed by atoms with Crippen LogP contribution in [0.2, 0.25) is 5.02 Å². The van der Waals surface area contributed by atoms with Gasteiger partial charge in [0, 0.05) is 28.7 Å². The quantitative estimate of drug-likeness (QED) is 0.774. The Kier molecular flexibility index (Phi) is 3.82. The van der Waals surface area contributed by atoms with Crippen LogP contribution in [0, 0.1) is 0 Å². The highest BCUT2D eigenvalue weighted by atomic mass is 35.5. The lowest BCUT2D eigenvalue weighted by molar-refractivity contribution is -0.174. The maximum atomic E-state index is 11.9. The molecule has 2 rings (SSSR count). The molecule has 1 aromatic heterocycles. The van der Waals surface area contributed by atoms with Crippen molar-refractivity contribution >= 4 is 22.5 Å². The topological polar surface area (TPSA) is 14.2 Å². The van der Waals surface area contributed by atoms with E-state index < -0.39 is 12.8 Å². The first kappa shape index (κ1) is 13.2. The first-order valence-electron chi connectivity index (χ1n) is 5.35. The van der Waals surface area contributed by atoms with Gasteiger partial charge in [-0.3, -0.25) is 0 Å². The number of aromatic nitrogens is 1. The Hall–Kier alpha value is -1.20. The normalized spacial score (nSPS) is 12.2. The van der Waals surface area contributed by atoms with E-state index in [0.29, 0.717) is 11.6 Å². The molecular formula is C12H11ClF3NO. The molecule has 0 saturated carbocycles. The van der Waals surface area contributed by atoms with E-state index in [4.69, 9.17) is 11.6 Å². The molecule has 98 valence electrons. The highest BCUT2D eigenvalue weighted by molar-refractivity contribution is 6.35. The molecule has 1 aromatic carbocycles. The average molecular weight is 278 g/mol. The van der Waals surface area contributed by atoms with Crippen molar-refractivity contribution in [3.05, 3.63) is 35.5 Å². The van der Waals surface area contributed by atoms with Crippen LogP contribution < -0.4 is 0 Å². The van der Waals surface area contributed by atoms with Gasteiger partial charge in [-0.05, 0) is 18.2 Å². The van der Waals surface area contributed by atoms with Crippen LogP contribution in [0.25, 0.3) is 10.9 Å². The average Bonchev–Trinajstić information content (AvgIpc) is 2.68. The summed E-state index contributed by atoms with van der Waals surface area (Å²) in [5.74, 6) is 0. The van der Waals surface area contributed by atoms with Crippen LogP contribution in [0.15, 0.2) is 30.5 Å². The van der Waals surface area contributed by atoms with Crippen LogP contribution in [0.3, 0.4) is 0 Å². The lowest BCUT2D eigenvalue weighted by atomic mass is 10.2. The van der Waals surface area contributed by atoms with Gasteiger partial charge in [-0.25, -0.2) is 0 Å². The summed E-state index contributed by atoms with van der Waals surface area (Å²) in [6.07, 6.45) is -2.49. The molecule has 6 heteroatoms. The van der Waals surface area contributed by atoms with Crippen molar-refractivity contribution in [3.8, 4) is 0 Å². The fourth-order valence-electron chi connectivity index (χ4n) is 1.73. The second kappa shape index (κ2) is 5.20. The Morgan fingerprint density at radius 1 is 1.22 bits per heavy atom. The van der Waals surface area contributed by atoms with Gasteiger partial charge in [0.1, 0.15) is 6.61 Å². The second-order valence-electron chi connectivity index (χ2n) is 3.85. The zero-order valence-electron chi connectivity index (χ0n) is 9.38. The van der Waals surface area contributed by atoms with Crippen molar-refractivity contribution in [3.63, 3.8) is 0 Å². The molecule has 1 heterocycles. The first-order chi connectivity index (χ1) is 8.47. The predicted molar refractivity (Wildman–Crippen MR) is 63.8 cm³/mol. The van der Waals surface area contributed by atoms with E-state index in [2.05, 4.69) is 4.74 Å². The van der Waals surface area contributed by atoms with E-state index in [9.17, 15) is 13.2 Å². The predicted octanol–water partition coefficient (Wildman–Crippen LogP) is 3.87. The lowest BCUT2D eigenvalue weighted by Gasteiger charge is -2.09. The monoisotopic (exact) mass is 277 g/mol. The van der Waals surface area contributed by atoms with Gasteiger partial charge in [-0.2, -0.15) is 13.2 Å². The number of rotatable bonds is 4. The molecule has 0 aliphatic carbocycles. The van der Waals surface area contributed by atoms with Crippen molar-refractivity contribution in [2.24, 2.45) is 0 Å². The van der Waals surface area contributed by atoms with Crippen LogP contribution in [-0.4, -0.2) is 24.0 Å². The second-order valence-corrected chi connectivity index (χ2v) is 4.26. The smallest absolute Gasteiger partial charge is 0.370 e. The molecule has 18 heavy (non-hydrogen) atoms. The Morgan fingerprint density at radius 2 is 2.00 bits per heavy atom. The largest absolute Gasteiger partial charge is 0.411 e. The Labute approximate surface area is 107 Å². The maximum Gasteiger partial charge on any atom is 0.411 e. The molecule has 0 radical (unpaired) electrons. The zero-order chi connectivity index (χ0) is 13.2. The summed E-state index contributed by atoms with van der Waals surface area (Å²) in [6, 6.07) is 7.28. The summed E-state index contributed by atoms with van der Waals surface area (Å²) in [5, 5.41) is 1.51. The SMILES string of the molecule is FC(F)(F)COCCn1ccc2c(Cl)cccc21. The van der Waals surface area contributed by atoms with Crippen LogP contribution in [0.4, 0.5) is 13.2 Å². The molecule has 0 amide bonds. The third-order valence-corrected chi connectivity index (χ3v) is 2.83. The number of nitrogens with zero attached hydrogens (tertiary/aromatic N) is 1. The molecular weight excluding hydrogens is 267 g/mol. The third-order valence-electron chi connectivity index (χ3n) is 2.50. The Balaban J connectivity index is 1.98. The standard InChI is InChI=1S/C12H11ClF3NO/c13-10-2-1-3-11-9(10)4-5-17(11)6-7-18-8-12(14,15)16/h1-5H,6-8H2. The molecule has 0 aliphatic rings. The molecule has 0 saturated heterocycles. The summed E-state index contributed by atoms with van der Waals surface area (Å²) < 4.78 is 42.0. The minimum atomic E-state index is -4.28. The highest BCUT2D eigenvalue weighted by Crippen LogP contribution is 2.24. The summed E-state index contributed by atoms with van der Waals surface area (Å²) in [5.41, 5.74) is 0.887. The first-order valence-corrected chi connectivity index (χ1v) is 5.73. The number of ether oxygens (including phenoxy) is 1. The Morgan fingerprint density at radius 3 is 2.72 bits per heavy atom. The van der Waals surface area contributed by atoms with Gasteiger partial charge < -0.3 is 9.30 Å². The minimum Gasteiger partial charge on any atom is -0.370 e. The van der Waals surface area contributed by atoms with E-state index in [1.165, 1.54) is 0 Å². The van der Waals surface area contributed by atoms with E-state index in [0.717, 1.165) is 10.9 Å². The number of halogens is 4. The van der Waals surface area contributed by atoms with E-state index >= 15 is 0 Å². The van der Waals surface area contributed by atoms with Crippen LogP contribution in [-0.2, 0) is 11.3 Å². The fraction of sp³-hybridized carbons (Fsp3) is 0.333. The molecule has 0 unspecified atom stereocenters. The summed E-state index contributed by atoms with van der Waals surface area (Å²) in [6.45, 7) is -0.845. The van der Waals surface area contributed by atoms with E-state index in [-0.39, 0.29) is 6.61 Å². The number of fused-ring (bicyclic) bond motifs is 1. The fourth-order valence-corrected chi connectivity index (χ4v) is 1.96. The molecule has 0 spiro atoms. The minimum absolute atomic E-state index is 0.00973. The van der Waals surface area contributed by atoms with Crippen LogP contribution in [0.5, 0.6) is 0 Å². The maximum absolute atomic E-state index is 11.9. The van der Waals surface area contributed by atoms with Gasteiger partial charge in [-0.15, -0.1) is 0 Å². The summed E-state index contributed by atoms with van der Waals surface area (Å²) in [4.78, 5) is 0. The van der Waals surface area contributed by atoms with Gasteiger partial charge in [0.15, 0.2) is 0 Å². The molecule has 0 bridgehead atoms.